The van der Waals surface area contributed by atoms with Gasteiger partial charge in [0.2, 0.25) is 0 Å². The van der Waals surface area contributed by atoms with Crippen molar-refractivity contribution in [3.8, 4) is 0 Å². The maximum atomic E-state index is 11.3. The Balaban J connectivity index is 2.20. The van der Waals surface area contributed by atoms with Crippen molar-refractivity contribution in [1.29, 1.82) is 0 Å². The van der Waals surface area contributed by atoms with Crippen LogP contribution < -0.4 is 5.32 Å². The van der Waals surface area contributed by atoms with Gasteiger partial charge in [-0.05, 0) is 45.4 Å². The zero-order valence-corrected chi connectivity index (χ0v) is 12.4. The number of nitrogens with one attached hydrogen (secondary N) is 1. The first kappa shape index (κ1) is 14.4. The van der Waals surface area contributed by atoms with Crippen molar-refractivity contribution in [3.63, 3.8) is 0 Å². The first-order valence-electron chi connectivity index (χ1n) is 6.91. The van der Waals surface area contributed by atoms with Crippen LogP contribution in [0.3, 0.4) is 0 Å². The van der Waals surface area contributed by atoms with E-state index < -0.39 is 6.09 Å². The lowest BCUT2D eigenvalue weighted by Gasteiger charge is -2.11. The second kappa shape index (κ2) is 5.94. The Bertz CT molecular complexity index is 617. The molecule has 0 atom stereocenters. The molecular formula is C15H21N3O2. The Hall–Kier alpha value is -2.04. The number of nitrogens with zero attached hydrogens (tertiary/aromatic N) is 2. The molecule has 108 valence electrons. The minimum absolute atomic E-state index is 0.378. The summed E-state index contributed by atoms with van der Waals surface area (Å²) in [5.41, 5.74) is 3.09. The van der Waals surface area contributed by atoms with Crippen molar-refractivity contribution in [1.82, 2.24) is 14.9 Å². The molecule has 1 amide bonds. The van der Waals surface area contributed by atoms with Crippen molar-refractivity contribution in [2.75, 3.05) is 6.61 Å². The zero-order valence-electron chi connectivity index (χ0n) is 12.4. The van der Waals surface area contributed by atoms with Crippen LogP contribution in [-0.2, 0) is 11.3 Å². The molecule has 1 aromatic heterocycles. The van der Waals surface area contributed by atoms with Gasteiger partial charge in [-0.25, -0.2) is 9.78 Å². The Morgan fingerprint density at radius 3 is 2.85 bits per heavy atom. The molecule has 5 nitrogen and oxygen atoms in total. The fourth-order valence-electron chi connectivity index (χ4n) is 2.38. The predicted octanol–water partition coefficient (Wildman–Crippen LogP) is 3.17. The van der Waals surface area contributed by atoms with Gasteiger partial charge in [-0.2, -0.15) is 0 Å². The summed E-state index contributed by atoms with van der Waals surface area (Å²) in [6.45, 7) is 8.91. The normalized spacial score (nSPS) is 11.1. The topological polar surface area (TPSA) is 56.1 Å². The number of aryl methyl sites for hydroxylation is 1. The molecule has 0 saturated carbocycles. The van der Waals surface area contributed by atoms with Crippen molar-refractivity contribution >= 4 is 17.1 Å². The molecule has 0 spiro atoms. The van der Waals surface area contributed by atoms with Crippen LogP contribution in [0.1, 0.15) is 38.2 Å². The highest BCUT2D eigenvalue weighted by molar-refractivity contribution is 5.77. The maximum absolute atomic E-state index is 11.3. The Labute approximate surface area is 118 Å². The van der Waals surface area contributed by atoms with E-state index in [1.807, 2.05) is 19.1 Å². The molecule has 0 bridgehead atoms. The van der Waals surface area contributed by atoms with Gasteiger partial charge >= 0.3 is 6.09 Å². The lowest BCUT2D eigenvalue weighted by Crippen LogP contribution is -2.23. The summed E-state index contributed by atoms with van der Waals surface area (Å²) in [7, 11) is 0. The molecule has 1 heterocycles. The van der Waals surface area contributed by atoms with Crippen molar-refractivity contribution in [2.24, 2.45) is 0 Å². The number of rotatable bonds is 4. The first-order chi connectivity index (χ1) is 9.52. The van der Waals surface area contributed by atoms with Crippen LogP contribution in [0, 0.1) is 6.92 Å². The number of hydrogen-bond acceptors (Lipinski definition) is 3. The molecule has 5 heteroatoms. The van der Waals surface area contributed by atoms with Gasteiger partial charge in [-0.3, -0.25) is 0 Å². The number of hydrogen-bond donors (Lipinski definition) is 1. The summed E-state index contributed by atoms with van der Waals surface area (Å²) in [4.78, 5) is 15.9. The highest BCUT2D eigenvalue weighted by Crippen LogP contribution is 2.21. The number of carbonyl (C=O) groups excluding carboxylic acids is 1. The lowest BCUT2D eigenvalue weighted by atomic mass is 10.2. The molecule has 0 fully saturated rings. The van der Waals surface area contributed by atoms with Crippen molar-refractivity contribution in [3.05, 3.63) is 29.6 Å². The van der Waals surface area contributed by atoms with E-state index in [0.29, 0.717) is 19.2 Å². The highest BCUT2D eigenvalue weighted by atomic mass is 16.5. The number of ether oxygens (including phenoxy) is 1. The van der Waals surface area contributed by atoms with Gasteiger partial charge in [0.25, 0.3) is 0 Å². The largest absolute Gasteiger partial charge is 0.450 e. The van der Waals surface area contributed by atoms with Crippen molar-refractivity contribution < 1.29 is 9.53 Å². The Morgan fingerprint density at radius 2 is 2.20 bits per heavy atom. The van der Waals surface area contributed by atoms with Crippen LogP contribution in [0.5, 0.6) is 0 Å². The van der Waals surface area contributed by atoms with Crippen LogP contribution in [0.4, 0.5) is 4.79 Å². The SMILES string of the molecule is CCOC(=O)NCc1ccc2c(c1)nc(C)n2C(C)C. The van der Waals surface area contributed by atoms with Gasteiger partial charge in [-0.15, -0.1) is 0 Å². The number of aromatic nitrogens is 2. The van der Waals surface area contributed by atoms with Crippen molar-refractivity contribution in [2.45, 2.75) is 40.3 Å². The van der Waals surface area contributed by atoms with E-state index in [0.717, 1.165) is 22.4 Å². The van der Waals surface area contributed by atoms with E-state index in [4.69, 9.17) is 4.74 Å². The van der Waals surface area contributed by atoms with E-state index in [-0.39, 0.29) is 0 Å². The smallest absolute Gasteiger partial charge is 0.407 e. The van der Waals surface area contributed by atoms with E-state index >= 15 is 0 Å². The molecular weight excluding hydrogens is 254 g/mol. The Morgan fingerprint density at radius 1 is 1.45 bits per heavy atom. The zero-order chi connectivity index (χ0) is 14.7. The summed E-state index contributed by atoms with van der Waals surface area (Å²) in [6, 6.07) is 6.45. The lowest BCUT2D eigenvalue weighted by molar-refractivity contribution is 0.151. The maximum Gasteiger partial charge on any atom is 0.407 e. The fraction of sp³-hybridized carbons (Fsp3) is 0.467. The quantitative estimate of drug-likeness (QED) is 0.932. The minimum Gasteiger partial charge on any atom is -0.450 e. The van der Waals surface area contributed by atoms with E-state index in [2.05, 4.69) is 34.8 Å². The van der Waals surface area contributed by atoms with E-state index in [1.54, 1.807) is 6.92 Å². The number of imidazole rings is 1. The van der Waals surface area contributed by atoms with Crippen LogP contribution in [0.15, 0.2) is 18.2 Å². The number of amides is 1. The average molecular weight is 275 g/mol. The van der Waals surface area contributed by atoms with Crippen LogP contribution >= 0.6 is 0 Å². The summed E-state index contributed by atoms with van der Waals surface area (Å²) in [5, 5.41) is 2.71. The third-order valence-corrected chi connectivity index (χ3v) is 3.16. The van der Waals surface area contributed by atoms with E-state index in [9.17, 15) is 4.79 Å². The van der Waals surface area contributed by atoms with Crippen LogP contribution in [-0.4, -0.2) is 22.3 Å². The summed E-state index contributed by atoms with van der Waals surface area (Å²) >= 11 is 0. The minimum atomic E-state index is -0.392. The molecule has 0 aliphatic carbocycles. The predicted molar refractivity (Wildman–Crippen MR) is 78.7 cm³/mol. The summed E-state index contributed by atoms with van der Waals surface area (Å²) in [6.07, 6.45) is -0.392. The second-order valence-corrected chi connectivity index (χ2v) is 5.02. The molecule has 20 heavy (non-hydrogen) atoms. The molecule has 1 N–H and O–H groups in total. The molecule has 2 aromatic rings. The summed E-state index contributed by atoms with van der Waals surface area (Å²) < 4.78 is 7.04. The van der Waals surface area contributed by atoms with E-state index in [1.165, 1.54) is 0 Å². The monoisotopic (exact) mass is 275 g/mol. The number of alkyl carbamates (subject to hydrolysis) is 1. The van der Waals surface area contributed by atoms with Gasteiger partial charge in [0.15, 0.2) is 0 Å². The third-order valence-electron chi connectivity index (χ3n) is 3.16. The van der Waals surface area contributed by atoms with Crippen LogP contribution in [0.25, 0.3) is 11.0 Å². The van der Waals surface area contributed by atoms with Gasteiger partial charge in [0.05, 0.1) is 17.6 Å². The molecule has 0 unspecified atom stereocenters. The van der Waals surface area contributed by atoms with Gasteiger partial charge in [0.1, 0.15) is 5.82 Å². The number of benzene rings is 1. The Kier molecular flexibility index (Phi) is 4.27. The third kappa shape index (κ3) is 2.92. The molecule has 0 saturated heterocycles. The molecule has 1 aromatic carbocycles. The molecule has 0 radical (unpaired) electrons. The summed E-state index contributed by atoms with van der Waals surface area (Å²) in [5.74, 6) is 1.01. The number of fused-ring (bicyclic) bond motifs is 1. The first-order valence-corrected chi connectivity index (χ1v) is 6.91. The number of carbonyl (C=O) groups is 1. The fourth-order valence-corrected chi connectivity index (χ4v) is 2.38. The standard InChI is InChI=1S/C15H21N3O2/c1-5-20-15(19)16-9-12-6-7-14-13(8-12)17-11(4)18(14)10(2)3/h6-8,10H,5,9H2,1-4H3,(H,16,19). The second-order valence-electron chi connectivity index (χ2n) is 5.02. The van der Waals surface area contributed by atoms with Gasteiger partial charge in [0, 0.05) is 12.6 Å². The molecule has 0 aliphatic rings. The van der Waals surface area contributed by atoms with Gasteiger partial charge < -0.3 is 14.6 Å². The average Bonchev–Trinajstić information content (AvgIpc) is 2.71. The molecule has 2 rings (SSSR count). The molecule has 0 aliphatic heterocycles. The highest BCUT2D eigenvalue weighted by Gasteiger charge is 2.10. The van der Waals surface area contributed by atoms with Crippen LogP contribution in [0.2, 0.25) is 0 Å². The van der Waals surface area contributed by atoms with Gasteiger partial charge in [-0.1, -0.05) is 6.07 Å².